The first kappa shape index (κ1) is 23.2. The fourth-order valence-electron chi connectivity index (χ4n) is 3.37. The number of amides is 1. The van der Waals surface area contributed by atoms with Gasteiger partial charge in [-0.3, -0.25) is 19.2 Å². The number of ketones is 2. The quantitative estimate of drug-likeness (QED) is 0.506. The van der Waals surface area contributed by atoms with Crippen LogP contribution in [-0.2, 0) is 25.6 Å². The van der Waals surface area contributed by atoms with Crippen LogP contribution in [0.25, 0.3) is 10.8 Å². The first-order valence-corrected chi connectivity index (χ1v) is 9.54. The molecule has 2 unspecified atom stereocenters. The van der Waals surface area contributed by atoms with Gasteiger partial charge in [-0.2, -0.15) is 0 Å². The number of rotatable bonds is 10. The molecule has 0 heterocycles. The molecular formula is C22H25FN2O5. The largest absolute Gasteiger partial charge is 0.480 e. The number of nitrogens with one attached hydrogen (secondary N) is 1. The number of carboxylic acid groups (broad SMARTS) is 1. The van der Waals surface area contributed by atoms with Gasteiger partial charge in [0, 0.05) is 0 Å². The fraction of sp³-hybridized carbons (Fsp3) is 0.364. The van der Waals surface area contributed by atoms with E-state index in [-0.39, 0.29) is 6.42 Å². The van der Waals surface area contributed by atoms with E-state index in [1.165, 1.54) is 0 Å². The fourth-order valence-corrected chi connectivity index (χ4v) is 3.37. The molecule has 0 saturated heterocycles. The monoisotopic (exact) mass is 416 g/mol. The van der Waals surface area contributed by atoms with E-state index in [0.717, 1.165) is 16.3 Å². The van der Waals surface area contributed by atoms with Gasteiger partial charge >= 0.3 is 5.97 Å². The highest BCUT2D eigenvalue weighted by atomic mass is 19.1. The van der Waals surface area contributed by atoms with E-state index in [1.807, 2.05) is 36.4 Å². The molecule has 0 bridgehead atoms. The van der Waals surface area contributed by atoms with Crippen LogP contribution in [-0.4, -0.2) is 47.3 Å². The Bertz CT molecular complexity index is 954. The van der Waals surface area contributed by atoms with Gasteiger partial charge in [-0.1, -0.05) is 56.3 Å². The molecule has 8 heteroatoms. The summed E-state index contributed by atoms with van der Waals surface area (Å²) in [5, 5.41) is 13.5. The molecule has 30 heavy (non-hydrogen) atoms. The number of fused-ring (bicyclic) bond motifs is 1. The summed E-state index contributed by atoms with van der Waals surface area (Å²) in [4.78, 5) is 48.7. The van der Waals surface area contributed by atoms with E-state index in [9.17, 15) is 23.6 Å². The number of nitrogens with two attached hydrogens (primary N) is 1. The van der Waals surface area contributed by atoms with E-state index >= 15 is 0 Å². The Morgan fingerprint density at radius 2 is 1.70 bits per heavy atom. The second kappa shape index (κ2) is 10.1. The minimum Gasteiger partial charge on any atom is -0.480 e. The maximum absolute atomic E-state index is 12.9. The molecule has 2 rings (SSSR count). The van der Waals surface area contributed by atoms with Crippen molar-refractivity contribution in [2.45, 2.75) is 32.4 Å². The van der Waals surface area contributed by atoms with Gasteiger partial charge in [0.1, 0.15) is 18.6 Å². The van der Waals surface area contributed by atoms with Crippen LogP contribution in [0.1, 0.15) is 19.4 Å². The number of hydrogen-bond donors (Lipinski definition) is 3. The van der Waals surface area contributed by atoms with Gasteiger partial charge in [0.05, 0.1) is 12.5 Å². The lowest BCUT2D eigenvalue weighted by Gasteiger charge is -2.26. The Morgan fingerprint density at radius 1 is 1.07 bits per heavy atom. The highest BCUT2D eigenvalue weighted by Crippen LogP contribution is 2.20. The molecule has 0 saturated carbocycles. The molecule has 0 spiro atoms. The standard InChI is InChI=1S/C22H25FN2O5/c1-12(2)20(21(28)18(16(26)11-23)19(24)22(29)30)25-17(27)10-14-8-5-7-13-6-3-4-9-15(13)14/h3-9,12,18-20H,10-11,24H2,1-2H3,(H,25,27)(H,29,30)/t18?,19?,20-/m0/s1. The average molecular weight is 416 g/mol. The van der Waals surface area contributed by atoms with Crippen molar-refractivity contribution in [3.63, 3.8) is 0 Å². The molecule has 4 N–H and O–H groups in total. The van der Waals surface area contributed by atoms with E-state index < -0.39 is 54.0 Å². The Morgan fingerprint density at radius 3 is 2.30 bits per heavy atom. The van der Waals surface area contributed by atoms with E-state index in [1.54, 1.807) is 19.9 Å². The summed E-state index contributed by atoms with van der Waals surface area (Å²) >= 11 is 0. The molecule has 0 radical (unpaired) electrons. The summed E-state index contributed by atoms with van der Waals surface area (Å²) in [5.74, 6) is -6.55. The molecule has 0 aliphatic carbocycles. The van der Waals surface area contributed by atoms with Gasteiger partial charge in [0.15, 0.2) is 11.6 Å². The number of alkyl halides is 1. The summed E-state index contributed by atoms with van der Waals surface area (Å²) in [5.41, 5.74) is 6.22. The number of halogens is 1. The molecular weight excluding hydrogens is 391 g/mol. The van der Waals surface area contributed by atoms with Gasteiger partial charge in [0.2, 0.25) is 5.91 Å². The smallest absolute Gasteiger partial charge is 0.321 e. The maximum Gasteiger partial charge on any atom is 0.321 e. The summed E-state index contributed by atoms with van der Waals surface area (Å²) in [6.45, 7) is 1.74. The van der Waals surface area contributed by atoms with Gasteiger partial charge in [0.25, 0.3) is 0 Å². The Balaban J connectivity index is 2.25. The van der Waals surface area contributed by atoms with Gasteiger partial charge in [-0.25, -0.2) is 4.39 Å². The lowest BCUT2D eigenvalue weighted by Crippen LogP contribution is -2.55. The number of aliphatic carboxylic acids is 1. The zero-order valence-corrected chi connectivity index (χ0v) is 16.8. The highest BCUT2D eigenvalue weighted by Gasteiger charge is 2.41. The van der Waals surface area contributed by atoms with Crippen molar-refractivity contribution < 1.29 is 28.7 Å². The minimum atomic E-state index is -1.89. The summed E-state index contributed by atoms with van der Waals surface area (Å²) in [7, 11) is 0. The van der Waals surface area contributed by atoms with E-state index in [4.69, 9.17) is 10.8 Å². The summed E-state index contributed by atoms with van der Waals surface area (Å²) in [6.07, 6.45) is -0.0233. The summed E-state index contributed by atoms with van der Waals surface area (Å²) in [6, 6.07) is 9.98. The second-order valence-corrected chi connectivity index (χ2v) is 7.45. The van der Waals surface area contributed by atoms with Gasteiger partial charge < -0.3 is 16.2 Å². The van der Waals surface area contributed by atoms with Crippen LogP contribution in [0, 0.1) is 11.8 Å². The number of hydrogen-bond acceptors (Lipinski definition) is 5. The normalized spacial score (nSPS) is 14.2. The molecule has 2 aromatic rings. The van der Waals surface area contributed by atoms with Gasteiger partial charge in [-0.05, 0) is 22.3 Å². The molecule has 7 nitrogen and oxygen atoms in total. The van der Waals surface area contributed by atoms with E-state index in [0.29, 0.717) is 0 Å². The third-order valence-electron chi connectivity index (χ3n) is 4.95. The van der Waals surface area contributed by atoms with Crippen molar-refractivity contribution in [1.29, 1.82) is 0 Å². The second-order valence-electron chi connectivity index (χ2n) is 7.45. The molecule has 0 fully saturated rings. The topological polar surface area (TPSA) is 127 Å². The molecule has 0 aliphatic rings. The van der Waals surface area contributed by atoms with Crippen LogP contribution >= 0.6 is 0 Å². The molecule has 0 aliphatic heterocycles. The van der Waals surface area contributed by atoms with Crippen molar-refractivity contribution in [1.82, 2.24) is 5.32 Å². The summed E-state index contributed by atoms with van der Waals surface area (Å²) < 4.78 is 12.9. The minimum absolute atomic E-state index is 0.0233. The van der Waals surface area contributed by atoms with Crippen LogP contribution in [0.4, 0.5) is 4.39 Å². The predicted octanol–water partition coefficient (Wildman–Crippen LogP) is 1.66. The number of carboxylic acids is 1. The van der Waals surface area contributed by atoms with Crippen molar-refractivity contribution in [3.8, 4) is 0 Å². The van der Waals surface area contributed by atoms with Gasteiger partial charge in [-0.15, -0.1) is 0 Å². The van der Waals surface area contributed by atoms with Crippen molar-refractivity contribution in [2.24, 2.45) is 17.6 Å². The Labute approximate surface area is 173 Å². The number of Topliss-reactive ketones (excluding diaryl/α,β-unsaturated/α-hetero) is 2. The molecule has 0 aromatic heterocycles. The predicted molar refractivity (Wildman–Crippen MR) is 110 cm³/mol. The van der Waals surface area contributed by atoms with Crippen LogP contribution in [0.2, 0.25) is 0 Å². The number of benzene rings is 2. The number of carbonyl (C=O) groups excluding carboxylic acids is 3. The first-order valence-electron chi connectivity index (χ1n) is 9.54. The Hall–Kier alpha value is -3.13. The van der Waals surface area contributed by atoms with Crippen LogP contribution in [0.3, 0.4) is 0 Å². The third kappa shape index (κ3) is 5.27. The SMILES string of the molecule is CC(C)[C@H](NC(=O)Cc1cccc2ccccc12)C(=O)C(C(=O)CF)C(N)C(=O)O. The number of carbonyl (C=O) groups is 4. The van der Waals surface area contributed by atoms with E-state index in [2.05, 4.69) is 5.32 Å². The first-order chi connectivity index (χ1) is 14.2. The maximum atomic E-state index is 12.9. The molecule has 1 amide bonds. The molecule has 160 valence electrons. The van der Waals surface area contributed by atoms with Crippen molar-refractivity contribution >= 4 is 34.2 Å². The Kier molecular flexibility index (Phi) is 7.77. The van der Waals surface area contributed by atoms with Crippen LogP contribution in [0.15, 0.2) is 42.5 Å². The lowest BCUT2D eigenvalue weighted by atomic mass is 9.84. The van der Waals surface area contributed by atoms with Crippen molar-refractivity contribution in [2.75, 3.05) is 6.67 Å². The molecule has 2 aromatic carbocycles. The third-order valence-corrected chi connectivity index (χ3v) is 4.95. The van der Waals surface area contributed by atoms with Crippen LogP contribution < -0.4 is 11.1 Å². The van der Waals surface area contributed by atoms with Crippen molar-refractivity contribution in [3.05, 3.63) is 48.0 Å². The zero-order chi connectivity index (χ0) is 22.4. The zero-order valence-electron chi connectivity index (χ0n) is 16.8. The lowest BCUT2D eigenvalue weighted by molar-refractivity contribution is -0.147. The average Bonchev–Trinajstić information content (AvgIpc) is 2.71. The molecule has 3 atom stereocenters. The van der Waals surface area contributed by atoms with Crippen LogP contribution in [0.5, 0.6) is 0 Å². The highest BCUT2D eigenvalue weighted by molar-refractivity contribution is 6.09.